The van der Waals surface area contributed by atoms with Crippen LogP contribution in [0, 0.1) is 28.6 Å². The highest BCUT2D eigenvalue weighted by molar-refractivity contribution is 6.33. The molecule has 2 aromatic rings. The molecule has 0 aromatic heterocycles. The maximum atomic E-state index is 14.4. The average molecular weight is 588 g/mol. The predicted molar refractivity (Wildman–Crippen MR) is 148 cm³/mol. The maximum absolute atomic E-state index is 14.4. The number of likely N-dealkylation sites (N-methyl/N-ethyl adjacent to an activating group) is 1. The number of nitriles is 1. The molecule has 6 atom stereocenters. The first-order valence-electron chi connectivity index (χ1n) is 13.3. The third-order valence-electron chi connectivity index (χ3n) is 9.09. The Kier molecular flexibility index (Phi) is 6.66. The molecule has 5 rings (SSSR count). The second kappa shape index (κ2) is 9.63. The highest BCUT2D eigenvalue weighted by Gasteiger charge is 2.78. The Morgan fingerprint density at radius 3 is 2.21 bits per heavy atom. The van der Waals surface area contributed by atoms with Gasteiger partial charge >= 0.3 is 5.97 Å². The molecular formula is C30H29N5O8. The zero-order valence-corrected chi connectivity index (χ0v) is 23.5. The van der Waals surface area contributed by atoms with Gasteiger partial charge in [-0.05, 0) is 61.8 Å². The standard InChI is InChI=1S/C30H29N5O8/c1-35(2)23-22(38)19(26(32)41)24(39)29(12-31)25(40)20-21(37)18-16(10-28(20,33)11-30(23,29)34)15(8-9-17(18)36)13-4-6-14(7-5-13)27(42)43-3/h4-9,19-20,23,36H,10-11,33-34H2,1-3H3,(H2,32,41)/t19?,20?,23-,28-,29+,30-/m1/s1. The zero-order chi connectivity index (χ0) is 31.8. The van der Waals surface area contributed by atoms with Crippen molar-refractivity contribution in [2.24, 2.45) is 34.5 Å². The molecule has 0 spiro atoms. The fourth-order valence-corrected chi connectivity index (χ4v) is 7.38. The number of fused-ring (bicyclic) bond motifs is 3. The molecule has 3 aliphatic rings. The monoisotopic (exact) mass is 587 g/mol. The van der Waals surface area contributed by atoms with Gasteiger partial charge in [-0.15, -0.1) is 0 Å². The van der Waals surface area contributed by atoms with Crippen LogP contribution in [0.3, 0.4) is 0 Å². The van der Waals surface area contributed by atoms with Crippen LogP contribution in [0.15, 0.2) is 36.4 Å². The first-order chi connectivity index (χ1) is 20.1. The molecule has 13 nitrogen and oxygen atoms in total. The van der Waals surface area contributed by atoms with Gasteiger partial charge in [-0.1, -0.05) is 18.2 Å². The van der Waals surface area contributed by atoms with Gasteiger partial charge in [-0.25, -0.2) is 4.79 Å². The van der Waals surface area contributed by atoms with Crippen LogP contribution in [-0.4, -0.2) is 83.3 Å². The van der Waals surface area contributed by atoms with Crippen LogP contribution >= 0.6 is 0 Å². The molecule has 0 heterocycles. The smallest absolute Gasteiger partial charge is 0.337 e. The number of nitrogens with zero attached hydrogens (tertiary/aromatic N) is 2. The highest BCUT2D eigenvalue weighted by Crippen LogP contribution is 2.56. The van der Waals surface area contributed by atoms with Crippen molar-refractivity contribution in [3.8, 4) is 22.9 Å². The van der Waals surface area contributed by atoms with Crippen LogP contribution < -0.4 is 17.2 Å². The number of primary amides is 1. The lowest BCUT2D eigenvalue weighted by atomic mass is 9.42. The fraction of sp³-hybridized carbons (Fsp3) is 0.367. The normalized spacial score (nSPS) is 31.5. The van der Waals surface area contributed by atoms with Crippen LogP contribution in [0.5, 0.6) is 5.75 Å². The number of aromatic hydroxyl groups is 1. The molecule has 2 aromatic carbocycles. The predicted octanol–water partition coefficient (Wildman–Crippen LogP) is -0.738. The number of methoxy groups -OCH3 is 1. The van der Waals surface area contributed by atoms with Gasteiger partial charge in [0.05, 0.1) is 35.9 Å². The van der Waals surface area contributed by atoms with Crippen LogP contribution in [-0.2, 0) is 30.3 Å². The van der Waals surface area contributed by atoms with Gasteiger partial charge in [0.15, 0.2) is 34.5 Å². The van der Waals surface area contributed by atoms with E-state index in [1.807, 2.05) is 0 Å². The number of ether oxygens (including phenoxy) is 1. The van der Waals surface area contributed by atoms with Gasteiger partial charge in [0, 0.05) is 5.54 Å². The second-order valence-electron chi connectivity index (χ2n) is 11.7. The van der Waals surface area contributed by atoms with Crippen molar-refractivity contribution in [2.75, 3.05) is 21.2 Å². The summed E-state index contributed by atoms with van der Waals surface area (Å²) < 4.78 is 4.74. The van der Waals surface area contributed by atoms with Crippen molar-refractivity contribution in [3.05, 3.63) is 53.1 Å². The average Bonchev–Trinajstić information content (AvgIpc) is 2.91. The summed E-state index contributed by atoms with van der Waals surface area (Å²) in [5.41, 5.74) is 13.6. The van der Waals surface area contributed by atoms with Crippen molar-refractivity contribution in [1.82, 2.24) is 4.90 Å². The number of ketones is 4. The van der Waals surface area contributed by atoms with Crippen LogP contribution in [0.25, 0.3) is 11.1 Å². The Bertz CT molecular complexity index is 1700. The first-order valence-corrected chi connectivity index (χ1v) is 13.3. The molecule has 43 heavy (non-hydrogen) atoms. The van der Waals surface area contributed by atoms with Crippen molar-refractivity contribution in [2.45, 2.75) is 30.0 Å². The number of carbonyl (C=O) groups excluding carboxylic acids is 6. The summed E-state index contributed by atoms with van der Waals surface area (Å²) in [4.78, 5) is 81.4. The Hall–Kier alpha value is -4.77. The zero-order valence-electron chi connectivity index (χ0n) is 23.5. The second-order valence-corrected chi connectivity index (χ2v) is 11.7. The van der Waals surface area contributed by atoms with E-state index in [1.54, 1.807) is 24.3 Å². The lowest BCUT2D eigenvalue weighted by Gasteiger charge is -2.60. The summed E-state index contributed by atoms with van der Waals surface area (Å²) in [7, 11) is 4.11. The van der Waals surface area contributed by atoms with Crippen molar-refractivity contribution >= 4 is 35.0 Å². The number of esters is 1. The maximum Gasteiger partial charge on any atom is 0.337 e. The number of hydrogen-bond donors (Lipinski definition) is 4. The van der Waals surface area contributed by atoms with E-state index in [0.29, 0.717) is 11.1 Å². The van der Waals surface area contributed by atoms with E-state index in [-0.39, 0.29) is 23.1 Å². The molecule has 1 amide bonds. The summed E-state index contributed by atoms with van der Waals surface area (Å²) in [6, 6.07) is 9.25. The molecule has 0 bridgehead atoms. The molecule has 2 unspecified atom stereocenters. The number of carbonyl (C=O) groups is 6. The van der Waals surface area contributed by atoms with E-state index < -0.39 is 81.6 Å². The quantitative estimate of drug-likeness (QED) is 0.256. The number of hydrogen-bond acceptors (Lipinski definition) is 12. The third-order valence-corrected chi connectivity index (χ3v) is 9.09. The van der Waals surface area contributed by atoms with E-state index >= 15 is 0 Å². The van der Waals surface area contributed by atoms with Gasteiger partial charge in [0.2, 0.25) is 5.91 Å². The number of phenolic OH excluding ortho intramolecular Hbond substituents is 1. The summed E-state index contributed by atoms with van der Waals surface area (Å²) in [6.45, 7) is 0. The number of rotatable bonds is 4. The number of nitrogens with two attached hydrogens (primary N) is 3. The van der Waals surface area contributed by atoms with Gasteiger partial charge in [-0.2, -0.15) is 5.26 Å². The number of phenols is 1. The van der Waals surface area contributed by atoms with Gasteiger partial charge in [-0.3, -0.25) is 28.9 Å². The van der Waals surface area contributed by atoms with Crippen LogP contribution in [0.2, 0.25) is 0 Å². The minimum atomic E-state index is -2.81. The molecule has 0 aliphatic heterocycles. The Labute approximate surface area is 245 Å². The van der Waals surface area contributed by atoms with Crippen LogP contribution in [0.4, 0.5) is 0 Å². The molecule has 13 heteroatoms. The van der Waals surface area contributed by atoms with Crippen LogP contribution in [0.1, 0.15) is 32.7 Å². The molecule has 2 saturated carbocycles. The summed E-state index contributed by atoms with van der Waals surface area (Å²) in [5.74, 6) is -10.9. The molecular weight excluding hydrogens is 558 g/mol. The highest BCUT2D eigenvalue weighted by atomic mass is 16.5. The topological polar surface area (TPSA) is 237 Å². The molecule has 0 saturated heterocycles. The largest absolute Gasteiger partial charge is 0.507 e. The molecule has 222 valence electrons. The minimum Gasteiger partial charge on any atom is -0.507 e. The SMILES string of the molecule is COC(=O)c1ccc(-c2ccc(O)c3c2C[C@@]2(N)C[C@@]4(N)[C@H](N(C)C)C(=O)C(C(N)=O)C(=O)[C@@]4(C#N)C(=O)C2C3=O)cc1. The van der Waals surface area contributed by atoms with E-state index in [1.165, 1.54) is 44.3 Å². The van der Waals surface area contributed by atoms with E-state index in [4.69, 9.17) is 21.9 Å². The number of amides is 1. The summed E-state index contributed by atoms with van der Waals surface area (Å²) in [5, 5.41) is 21.3. The Balaban J connectivity index is 1.73. The number of Topliss-reactive ketones (excluding diaryl/α,β-unsaturated/α-hetero) is 4. The molecule has 3 aliphatic carbocycles. The van der Waals surface area contributed by atoms with Crippen molar-refractivity contribution in [3.63, 3.8) is 0 Å². The molecule has 0 radical (unpaired) electrons. The molecule has 2 fully saturated rings. The molecule has 7 N–H and O–H groups in total. The summed E-state index contributed by atoms with van der Waals surface area (Å²) in [6.07, 6.45) is -0.730. The lowest BCUT2D eigenvalue weighted by molar-refractivity contribution is -0.166. The lowest BCUT2D eigenvalue weighted by Crippen LogP contribution is -2.85. The minimum absolute atomic E-state index is 0.213. The van der Waals surface area contributed by atoms with E-state index in [9.17, 15) is 39.1 Å². The summed E-state index contributed by atoms with van der Waals surface area (Å²) >= 11 is 0. The van der Waals surface area contributed by atoms with E-state index in [0.717, 1.165) is 0 Å². The van der Waals surface area contributed by atoms with Crippen molar-refractivity contribution < 1.29 is 38.6 Å². The van der Waals surface area contributed by atoms with Gasteiger partial charge in [0.1, 0.15) is 11.7 Å². The van der Waals surface area contributed by atoms with Gasteiger partial charge in [0.25, 0.3) is 0 Å². The van der Waals surface area contributed by atoms with Gasteiger partial charge < -0.3 is 27.0 Å². The fourth-order valence-electron chi connectivity index (χ4n) is 7.38. The Morgan fingerprint density at radius 1 is 1.05 bits per heavy atom. The van der Waals surface area contributed by atoms with Crippen molar-refractivity contribution in [1.29, 1.82) is 5.26 Å². The third kappa shape index (κ3) is 3.73. The number of benzene rings is 2. The first kappa shape index (κ1) is 29.7. The van der Waals surface area contributed by atoms with E-state index in [2.05, 4.69) is 0 Å². The Morgan fingerprint density at radius 2 is 1.67 bits per heavy atom.